The monoisotopic (exact) mass is 717 g/mol. The van der Waals surface area contributed by atoms with Crippen LogP contribution < -0.4 is 34.0 Å². The summed E-state index contributed by atoms with van der Waals surface area (Å²) in [5, 5.41) is 27.2. The van der Waals surface area contributed by atoms with E-state index in [-0.39, 0.29) is 72.7 Å². The molecule has 11 heteroatoms. The SMILES string of the molecule is CC(C)(C)c1ccn[nH]1.CC(C)(C)c1ccn[nH]1.CC(C)(C)c1ccn[nH]1.CC(C)(C)c1ccn[nH]1.[Br-].[Br-].[Cu+2]. The van der Waals surface area contributed by atoms with E-state index in [0.29, 0.717) is 0 Å². The van der Waals surface area contributed by atoms with Crippen molar-refractivity contribution in [3.05, 3.63) is 71.8 Å². The van der Waals surface area contributed by atoms with Crippen molar-refractivity contribution >= 4 is 0 Å². The van der Waals surface area contributed by atoms with Gasteiger partial charge >= 0.3 is 17.1 Å². The van der Waals surface area contributed by atoms with Crippen LogP contribution in [0.25, 0.3) is 0 Å². The summed E-state index contributed by atoms with van der Waals surface area (Å²) in [5.41, 5.74) is 5.55. The number of H-pyrrole nitrogens is 4. The van der Waals surface area contributed by atoms with Crippen LogP contribution in [0.15, 0.2) is 49.1 Å². The van der Waals surface area contributed by atoms with Crippen molar-refractivity contribution in [3.63, 3.8) is 0 Å². The molecule has 8 nitrogen and oxygen atoms in total. The Labute approximate surface area is 267 Å². The van der Waals surface area contributed by atoms with Gasteiger partial charge in [-0.25, -0.2) is 0 Å². The average molecular weight is 720 g/mol. The van der Waals surface area contributed by atoms with E-state index in [4.69, 9.17) is 0 Å². The molecule has 1 radical (unpaired) electrons. The number of rotatable bonds is 0. The third kappa shape index (κ3) is 16.9. The predicted octanol–water partition coefficient (Wildman–Crippen LogP) is 0.834. The predicted molar refractivity (Wildman–Crippen MR) is 149 cm³/mol. The van der Waals surface area contributed by atoms with Crippen molar-refractivity contribution in [1.29, 1.82) is 0 Å². The summed E-state index contributed by atoms with van der Waals surface area (Å²) in [5.74, 6) is 0. The first-order chi connectivity index (χ1) is 16.4. The van der Waals surface area contributed by atoms with E-state index in [0.717, 1.165) is 0 Å². The standard InChI is InChI=1S/4C7H12N2.2BrH.Cu/c4*1-7(2,3)6-4-5-8-9-6;;;/h4*4-5H,1-3H3,(H,8,9);2*1H;/q;;;;;;+2/p-2. The molecule has 0 aliphatic carbocycles. The molecule has 0 saturated carbocycles. The maximum Gasteiger partial charge on any atom is 2.00 e. The van der Waals surface area contributed by atoms with Crippen molar-refractivity contribution in [2.24, 2.45) is 0 Å². The van der Waals surface area contributed by atoms with Gasteiger partial charge in [0.25, 0.3) is 0 Å². The van der Waals surface area contributed by atoms with Crippen LogP contribution in [0.1, 0.15) is 106 Å². The third-order valence-electron chi connectivity index (χ3n) is 5.24. The van der Waals surface area contributed by atoms with Crippen molar-refractivity contribution in [3.8, 4) is 0 Å². The minimum Gasteiger partial charge on any atom is -1.00 e. The number of hydrogen-bond donors (Lipinski definition) is 4. The van der Waals surface area contributed by atoms with Crippen molar-refractivity contribution in [2.75, 3.05) is 0 Å². The molecule has 0 bridgehead atoms. The van der Waals surface area contributed by atoms with Crippen LogP contribution in [0, 0.1) is 0 Å². The van der Waals surface area contributed by atoms with Gasteiger partial charge in [-0.1, -0.05) is 83.1 Å². The molecule has 4 heterocycles. The van der Waals surface area contributed by atoms with Gasteiger partial charge in [0, 0.05) is 69.2 Å². The van der Waals surface area contributed by atoms with E-state index in [1.165, 1.54) is 22.8 Å². The van der Waals surface area contributed by atoms with Crippen LogP contribution in [-0.2, 0) is 38.7 Å². The van der Waals surface area contributed by atoms with Gasteiger partial charge in [-0.05, 0) is 24.3 Å². The molecular formula is C28H48Br2CuN8. The summed E-state index contributed by atoms with van der Waals surface area (Å²) >= 11 is 0. The van der Waals surface area contributed by atoms with Crippen molar-refractivity contribution in [2.45, 2.75) is 105 Å². The van der Waals surface area contributed by atoms with Gasteiger partial charge in [0.1, 0.15) is 0 Å². The second-order valence-electron chi connectivity index (χ2n) is 12.9. The van der Waals surface area contributed by atoms with Gasteiger partial charge in [0.15, 0.2) is 0 Å². The van der Waals surface area contributed by atoms with Gasteiger partial charge in [-0.15, -0.1) is 0 Å². The smallest absolute Gasteiger partial charge is 1.00 e. The summed E-state index contributed by atoms with van der Waals surface area (Å²) < 4.78 is 0. The Morgan fingerprint density at radius 3 is 0.590 bits per heavy atom. The van der Waals surface area contributed by atoms with Gasteiger partial charge in [-0.2, -0.15) is 20.4 Å². The molecule has 0 saturated heterocycles. The molecule has 0 atom stereocenters. The van der Waals surface area contributed by atoms with Crippen LogP contribution >= 0.6 is 0 Å². The quantitative estimate of drug-likeness (QED) is 0.202. The Morgan fingerprint density at radius 1 is 0.385 bits per heavy atom. The summed E-state index contributed by atoms with van der Waals surface area (Å²) in [6.45, 7) is 25.8. The summed E-state index contributed by atoms with van der Waals surface area (Å²) in [6.07, 6.45) is 7.11. The molecule has 4 N–H and O–H groups in total. The first-order valence-electron chi connectivity index (χ1n) is 12.4. The zero-order valence-corrected chi connectivity index (χ0v) is 29.6. The number of nitrogens with zero attached hydrogens (tertiary/aromatic N) is 4. The Morgan fingerprint density at radius 2 is 0.538 bits per heavy atom. The zero-order chi connectivity index (χ0) is 27.6. The topological polar surface area (TPSA) is 115 Å². The Kier molecular flexibility index (Phi) is 19.2. The molecule has 225 valence electrons. The van der Waals surface area contributed by atoms with Gasteiger partial charge in [0.2, 0.25) is 0 Å². The van der Waals surface area contributed by atoms with Crippen molar-refractivity contribution in [1.82, 2.24) is 40.8 Å². The van der Waals surface area contributed by atoms with Crippen LogP contribution in [-0.4, -0.2) is 40.8 Å². The van der Waals surface area contributed by atoms with Crippen LogP contribution in [0.4, 0.5) is 0 Å². The molecule has 0 amide bonds. The largest absolute Gasteiger partial charge is 2.00 e. The number of hydrogen-bond acceptors (Lipinski definition) is 4. The molecule has 0 spiro atoms. The first-order valence-corrected chi connectivity index (χ1v) is 12.4. The molecule has 4 aromatic rings. The maximum atomic E-state index is 3.86. The fourth-order valence-electron chi connectivity index (χ4n) is 2.69. The second kappa shape index (κ2) is 17.9. The maximum absolute atomic E-state index is 3.86. The van der Waals surface area contributed by atoms with E-state index in [2.05, 4.69) is 124 Å². The van der Waals surface area contributed by atoms with E-state index in [1.807, 2.05) is 24.3 Å². The minimum absolute atomic E-state index is 0. The summed E-state index contributed by atoms with van der Waals surface area (Å²) in [6, 6.07) is 8.00. The third-order valence-corrected chi connectivity index (χ3v) is 5.24. The van der Waals surface area contributed by atoms with E-state index in [9.17, 15) is 0 Å². The summed E-state index contributed by atoms with van der Waals surface area (Å²) in [4.78, 5) is 0. The molecular weight excluding hydrogens is 672 g/mol. The summed E-state index contributed by atoms with van der Waals surface area (Å²) in [7, 11) is 0. The van der Waals surface area contributed by atoms with Crippen molar-refractivity contribution < 1.29 is 51.0 Å². The van der Waals surface area contributed by atoms with E-state index in [1.54, 1.807) is 24.8 Å². The van der Waals surface area contributed by atoms with E-state index < -0.39 is 0 Å². The molecule has 0 unspecified atom stereocenters. The molecule has 0 aromatic carbocycles. The Bertz CT molecular complexity index is 872. The van der Waals surface area contributed by atoms with Gasteiger partial charge in [0.05, 0.1) is 0 Å². The molecule has 0 aliphatic rings. The second-order valence-corrected chi connectivity index (χ2v) is 12.9. The van der Waals surface area contributed by atoms with Crippen LogP contribution in [0.2, 0.25) is 0 Å². The molecule has 39 heavy (non-hydrogen) atoms. The first kappa shape index (κ1) is 41.8. The van der Waals surface area contributed by atoms with Gasteiger partial charge in [-0.3, -0.25) is 20.4 Å². The fraction of sp³-hybridized carbons (Fsp3) is 0.571. The zero-order valence-electron chi connectivity index (χ0n) is 25.5. The van der Waals surface area contributed by atoms with Crippen LogP contribution in [0.5, 0.6) is 0 Å². The van der Waals surface area contributed by atoms with Gasteiger partial charge < -0.3 is 34.0 Å². The normalized spacial score (nSPS) is 11.0. The molecule has 0 aliphatic heterocycles. The van der Waals surface area contributed by atoms with Crippen LogP contribution in [0.3, 0.4) is 0 Å². The fourth-order valence-corrected chi connectivity index (χ4v) is 2.69. The van der Waals surface area contributed by atoms with E-state index >= 15 is 0 Å². The number of nitrogens with one attached hydrogen (secondary N) is 4. The average Bonchev–Trinajstić information content (AvgIpc) is 3.57. The number of aromatic amines is 4. The molecule has 4 rings (SSSR count). The molecule has 0 fully saturated rings. The Balaban J connectivity index is -0.000000432. The number of aromatic nitrogens is 8. The minimum atomic E-state index is 0. The molecule has 4 aromatic heterocycles. The Hall–Kier alpha value is -1.68. The number of halogens is 2.